The van der Waals surface area contributed by atoms with Crippen molar-refractivity contribution in [2.75, 3.05) is 5.73 Å². The molecule has 8 nitrogen and oxygen atoms in total. The van der Waals surface area contributed by atoms with E-state index in [1.54, 1.807) is 0 Å². The first kappa shape index (κ1) is 19.8. The largest absolute Gasteiger partial charge is 0.399 e. The van der Waals surface area contributed by atoms with Crippen LogP contribution >= 0.6 is 15.9 Å². The van der Waals surface area contributed by atoms with Crippen LogP contribution in [-0.2, 0) is 4.79 Å². The number of hydrogen-bond acceptors (Lipinski definition) is 5. The first-order valence-corrected chi connectivity index (χ1v) is 7.25. The molecule has 0 heterocycles. The van der Waals surface area contributed by atoms with E-state index in [2.05, 4.69) is 15.9 Å². The molecule has 0 saturated carbocycles. The van der Waals surface area contributed by atoms with E-state index >= 15 is 0 Å². The molecule has 0 aliphatic carbocycles. The number of carbonyl (C=O) groups excluding carboxylic acids is 2. The van der Waals surface area contributed by atoms with Crippen molar-refractivity contribution in [3.05, 3.63) is 34.4 Å². The minimum Gasteiger partial charge on any atom is -0.399 e. The number of nitro groups is 1. The quantitative estimate of drug-likeness (QED) is 0.320. The number of nitrogen functional groups attached to an aromatic ring is 1. The third kappa shape index (κ3) is 6.53. The normalized spacial score (nSPS) is 10.1. The van der Waals surface area contributed by atoms with Crippen molar-refractivity contribution in [1.82, 2.24) is 5.32 Å². The molecule has 0 saturated heterocycles. The molecule has 3 amide bonds. The molecule has 0 radical (unpaired) electrons. The number of nitrogens with two attached hydrogens (primary N) is 2. The number of alkyl halides is 1. The molecule has 1 aromatic carbocycles. The number of imide groups is 1. The molecule has 0 fully saturated rings. The molecule has 0 aliphatic rings. The number of nitro benzene ring substituents is 1. The van der Waals surface area contributed by atoms with Crippen LogP contribution in [0.25, 0.3) is 0 Å². The average Bonchev–Trinajstić information content (AvgIpc) is 2.46. The maximum absolute atomic E-state index is 11.3. The van der Waals surface area contributed by atoms with E-state index in [9.17, 15) is 19.7 Å². The lowest BCUT2D eigenvalue weighted by molar-refractivity contribution is -0.384. The number of nitrogens with zero attached hydrogens (tertiary/aromatic N) is 1. The van der Waals surface area contributed by atoms with Crippen LogP contribution < -0.4 is 16.8 Å². The molecule has 0 atom stereocenters. The van der Waals surface area contributed by atoms with E-state index in [-0.39, 0.29) is 11.6 Å². The van der Waals surface area contributed by atoms with Crippen molar-refractivity contribution in [3.8, 4) is 0 Å². The van der Waals surface area contributed by atoms with Crippen LogP contribution in [0.1, 0.15) is 26.7 Å². The fraction of sp³-hybridized carbons (Fsp3) is 0.385. The Kier molecular flexibility index (Phi) is 8.10. The Labute approximate surface area is 136 Å². The number of non-ortho nitro benzene ring substituents is 1. The molecule has 0 aliphatic heterocycles. The third-order valence-electron chi connectivity index (χ3n) is 2.87. The number of anilines is 1. The zero-order valence-corrected chi connectivity index (χ0v) is 13.9. The lowest BCUT2D eigenvalue weighted by atomic mass is 10.0. The highest BCUT2D eigenvalue weighted by Gasteiger charge is 2.32. The Morgan fingerprint density at radius 2 is 1.73 bits per heavy atom. The van der Waals surface area contributed by atoms with Crippen LogP contribution in [0.4, 0.5) is 16.2 Å². The molecule has 0 bridgehead atoms. The monoisotopic (exact) mass is 374 g/mol. The number of halogens is 1. The van der Waals surface area contributed by atoms with E-state index in [1.165, 1.54) is 24.3 Å². The second-order valence-corrected chi connectivity index (χ2v) is 5.86. The van der Waals surface area contributed by atoms with Crippen LogP contribution in [0.5, 0.6) is 0 Å². The second kappa shape index (κ2) is 8.98. The van der Waals surface area contributed by atoms with Gasteiger partial charge < -0.3 is 11.5 Å². The van der Waals surface area contributed by atoms with Crippen molar-refractivity contribution in [2.24, 2.45) is 5.73 Å². The number of benzene rings is 1. The molecule has 0 aromatic heterocycles. The van der Waals surface area contributed by atoms with E-state index in [1.807, 2.05) is 19.2 Å². The SMILES string of the molecule is CCC(Br)(CC)C(=O)NC(N)=O.Nc1ccc([N+](=O)[O-])cc1. The topological polar surface area (TPSA) is 141 Å². The molecule has 122 valence electrons. The van der Waals surface area contributed by atoms with Gasteiger partial charge in [0.05, 0.1) is 4.92 Å². The molecule has 1 aromatic rings. The van der Waals surface area contributed by atoms with Gasteiger partial charge in [0.25, 0.3) is 5.69 Å². The van der Waals surface area contributed by atoms with E-state index in [4.69, 9.17) is 11.5 Å². The standard InChI is InChI=1S/C7H13BrN2O2.C6H6N2O2/c1-3-7(8,4-2)5(11)10-6(9)12;7-5-1-3-6(4-2-5)8(9)10/h3-4H2,1-2H3,(H3,9,10,11,12);1-4H,7H2. The fourth-order valence-corrected chi connectivity index (χ4v) is 1.49. The summed E-state index contributed by atoms with van der Waals surface area (Å²) < 4.78 is -0.665. The summed E-state index contributed by atoms with van der Waals surface area (Å²) in [6.07, 6.45) is 1.23. The van der Waals surface area contributed by atoms with Gasteiger partial charge in [-0.15, -0.1) is 0 Å². The summed E-state index contributed by atoms with van der Waals surface area (Å²) in [6, 6.07) is 4.92. The summed E-state index contributed by atoms with van der Waals surface area (Å²) in [6.45, 7) is 3.72. The van der Waals surface area contributed by atoms with Gasteiger partial charge in [-0.1, -0.05) is 29.8 Å². The number of rotatable bonds is 4. The first-order valence-electron chi connectivity index (χ1n) is 6.46. The predicted molar refractivity (Wildman–Crippen MR) is 87.5 cm³/mol. The number of carbonyl (C=O) groups is 2. The number of primary amides is 1. The maximum Gasteiger partial charge on any atom is 0.318 e. The minimum absolute atomic E-state index is 0.0641. The van der Waals surface area contributed by atoms with Gasteiger partial charge in [-0.25, -0.2) is 4.79 Å². The number of nitrogens with one attached hydrogen (secondary N) is 1. The molecule has 5 N–H and O–H groups in total. The van der Waals surface area contributed by atoms with Gasteiger partial charge in [-0.2, -0.15) is 0 Å². The number of hydrogen-bond donors (Lipinski definition) is 3. The molecule has 1 rings (SSSR count). The van der Waals surface area contributed by atoms with Crippen molar-refractivity contribution >= 4 is 39.2 Å². The van der Waals surface area contributed by atoms with E-state index in [0.717, 1.165) is 0 Å². The molecule has 9 heteroatoms. The smallest absolute Gasteiger partial charge is 0.318 e. The van der Waals surface area contributed by atoms with Crippen LogP contribution in [0.2, 0.25) is 0 Å². The Bertz CT molecular complexity index is 529. The summed E-state index contributed by atoms with van der Waals surface area (Å²) in [7, 11) is 0. The zero-order chi connectivity index (χ0) is 17.3. The Balaban J connectivity index is 0.000000406. The van der Waals surface area contributed by atoms with E-state index < -0.39 is 15.3 Å². The summed E-state index contributed by atoms with van der Waals surface area (Å²) in [4.78, 5) is 31.3. The summed E-state index contributed by atoms with van der Waals surface area (Å²) in [5.74, 6) is -0.375. The summed E-state index contributed by atoms with van der Waals surface area (Å²) in [5.41, 5.74) is 10.7. The van der Waals surface area contributed by atoms with Gasteiger partial charge >= 0.3 is 6.03 Å². The highest BCUT2D eigenvalue weighted by molar-refractivity contribution is 9.10. The van der Waals surface area contributed by atoms with Crippen molar-refractivity contribution in [2.45, 2.75) is 31.0 Å². The number of amides is 3. The van der Waals surface area contributed by atoms with Gasteiger partial charge in [-0.3, -0.25) is 20.2 Å². The predicted octanol–water partition coefficient (Wildman–Crippen LogP) is 2.31. The van der Waals surface area contributed by atoms with Crippen molar-refractivity contribution in [3.63, 3.8) is 0 Å². The van der Waals surface area contributed by atoms with Crippen LogP contribution in [0.3, 0.4) is 0 Å². The van der Waals surface area contributed by atoms with Gasteiger partial charge in [-0.05, 0) is 25.0 Å². The summed E-state index contributed by atoms with van der Waals surface area (Å²) >= 11 is 3.26. The average molecular weight is 375 g/mol. The third-order valence-corrected chi connectivity index (χ3v) is 4.35. The highest BCUT2D eigenvalue weighted by Crippen LogP contribution is 2.26. The van der Waals surface area contributed by atoms with Crippen LogP contribution in [-0.4, -0.2) is 21.2 Å². The second-order valence-electron chi connectivity index (χ2n) is 4.34. The van der Waals surface area contributed by atoms with Gasteiger partial charge in [0.2, 0.25) is 5.91 Å². The van der Waals surface area contributed by atoms with Gasteiger partial charge in [0.1, 0.15) is 4.32 Å². The first-order chi connectivity index (χ1) is 10.2. The highest BCUT2D eigenvalue weighted by atomic mass is 79.9. The maximum atomic E-state index is 11.3. The zero-order valence-electron chi connectivity index (χ0n) is 12.3. The summed E-state index contributed by atoms with van der Waals surface area (Å²) in [5, 5.41) is 12.1. The molecule has 22 heavy (non-hydrogen) atoms. The molecular weight excluding hydrogens is 356 g/mol. The lowest BCUT2D eigenvalue weighted by Gasteiger charge is -2.21. The molecule has 0 unspecified atom stereocenters. The van der Waals surface area contributed by atoms with Gasteiger partial charge in [0.15, 0.2) is 0 Å². The van der Waals surface area contributed by atoms with Crippen LogP contribution in [0.15, 0.2) is 24.3 Å². The minimum atomic E-state index is -0.814. The Hall–Kier alpha value is -2.16. The Morgan fingerprint density at radius 1 is 1.27 bits per heavy atom. The number of urea groups is 1. The van der Waals surface area contributed by atoms with E-state index in [0.29, 0.717) is 18.5 Å². The van der Waals surface area contributed by atoms with Crippen molar-refractivity contribution < 1.29 is 14.5 Å². The lowest BCUT2D eigenvalue weighted by Crippen LogP contribution is -2.46. The van der Waals surface area contributed by atoms with Crippen LogP contribution in [0, 0.1) is 10.1 Å². The fourth-order valence-electron chi connectivity index (χ4n) is 1.39. The Morgan fingerprint density at radius 3 is 2.05 bits per heavy atom. The molecule has 0 spiro atoms. The van der Waals surface area contributed by atoms with Crippen molar-refractivity contribution in [1.29, 1.82) is 0 Å². The molecular formula is C13H19BrN4O4. The van der Waals surface area contributed by atoms with Gasteiger partial charge in [0, 0.05) is 17.8 Å².